The van der Waals surface area contributed by atoms with E-state index in [1.54, 1.807) is 0 Å². The molecule has 2 heterocycles. The van der Waals surface area contributed by atoms with Crippen molar-refractivity contribution in [3.8, 4) is 6.07 Å². The van der Waals surface area contributed by atoms with Crippen molar-refractivity contribution in [3.63, 3.8) is 0 Å². The molecule has 3 atom stereocenters. The van der Waals surface area contributed by atoms with Gasteiger partial charge in [-0.25, -0.2) is 17.2 Å². The highest BCUT2D eigenvalue weighted by molar-refractivity contribution is 7.89. The largest absolute Gasteiger partial charge is 0.328 e. The summed E-state index contributed by atoms with van der Waals surface area (Å²) in [5.74, 6) is -2.48. The molecule has 1 aliphatic rings. The zero-order valence-corrected chi connectivity index (χ0v) is 23.1. The average Bonchev–Trinajstić information content (AvgIpc) is 3.15. The van der Waals surface area contributed by atoms with Crippen LogP contribution in [0.5, 0.6) is 0 Å². The van der Waals surface area contributed by atoms with E-state index in [0.717, 1.165) is 28.7 Å². The summed E-state index contributed by atoms with van der Waals surface area (Å²) in [6.45, 7) is 5.54. The lowest BCUT2D eigenvalue weighted by Crippen LogP contribution is -2.41. The number of rotatable bonds is 5. The Labute approximate surface area is 229 Å². The molecule has 1 saturated heterocycles. The van der Waals surface area contributed by atoms with Gasteiger partial charge in [0.25, 0.3) is 0 Å². The predicted octanol–water partition coefficient (Wildman–Crippen LogP) is 6.22. The van der Waals surface area contributed by atoms with Gasteiger partial charge in [0.1, 0.15) is 17.0 Å². The summed E-state index contributed by atoms with van der Waals surface area (Å²) in [4.78, 5) is 13.7. The average molecular weight is 580 g/mol. The predicted molar refractivity (Wildman–Crippen MR) is 141 cm³/mol. The lowest BCUT2D eigenvalue weighted by Gasteiger charge is -2.38. The van der Waals surface area contributed by atoms with Crippen LogP contribution in [0.15, 0.2) is 64.4 Å². The minimum atomic E-state index is -4.43. The van der Waals surface area contributed by atoms with Crippen LogP contribution in [0.3, 0.4) is 0 Å². The molecule has 1 aromatic heterocycles. The Bertz CT molecular complexity index is 1580. The molecule has 200 valence electrons. The van der Waals surface area contributed by atoms with E-state index < -0.39 is 50.0 Å². The number of benzene rings is 2. The fraction of sp³-hybridized carbons (Fsp3) is 0.333. The van der Waals surface area contributed by atoms with Gasteiger partial charge in [-0.15, -0.1) is 0 Å². The number of hydrogen-bond donors (Lipinski definition) is 1. The zero-order valence-electron chi connectivity index (χ0n) is 20.8. The lowest BCUT2D eigenvalue weighted by atomic mass is 9.63. The fourth-order valence-electron chi connectivity index (χ4n) is 5.35. The number of nitriles is 1. The second-order valence-electron chi connectivity index (χ2n) is 10.6. The Balaban J connectivity index is 2.10. The molecular weight excluding hydrogens is 555 g/mol. The molecule has 11 heteroatoms. The SMILES string of the molecule is CC(C)(C)C[C@@H]1CN(S(=O)(=O)c2ccc(=O)[nH]c2)[C@H](c2cccc(Cl)c2F)[C@@]1(C#N)c1ccc(Cl)cc1F. The van der Waals surface area contributed by atoms with E-state index in [-0.39, 0.29) is 32.6 Å². The highest BCUT2D eigenvalue weighted by atomic mass is 35.5. The molecule has 0 radical (unpaired) electrons. The third kappa shape index (κ3) is 4.87. The molecule has 0 aliphatic carbocycles. The molecule has 0 unspecified atom stereocenters. The van der Waals surface area contributed by atoms with Crippen molar-refractivity contribution in [1.29, 1.82) is 5.26 Å². The van der Waals surface area contributed by atoms with Crippen molar-refractivity contribution in [2.24, 2.45) is 11.3 Å². The first-order valence-electron chi connectivity index (χ1n) is 11.7. The van der Waals surface area contributed by atoms with Crippen molar-refractivity contribution >= 4 is 33.2 Å². The fourth-order valence-corrected chi connectivity index (χ4v) is 7.34. The summed E-state index contributed by atoms with van der Waals surface area (Å²) in [5.41, 5.74) is -3.05. The Morgan fingerprint density at radius 2 is 1.87 bits per heavy atom. The number of nitrogens with zero attached hydrogens (tertiary/aromatic N) is 2. The Morgan fingerprint density at radius 1 is 1.16 bits per heavy atom. The monoisotopic (exact) mass is 579 g/mol. The van der Waals surface area contributed by atoms with Gasteiger partial charge in [0.05, 0.1) is 22.0 Å². The summed E-state index contributed by atoms with van der Waals surface area (Å²) in [6.07, 6.45) is 1.34. The van der Waals surface area contributed by atoms with Crippen LogP contribution in [0.25, 0.3) is 0 Å². The van der Waals surface area contributed by atoms with Gasteiger partial charge in [-0.1, -0.05) is 62.2 Å². The van der Waals surface area contributed by atoms with Gasteiger partial charge in [0.15, 0.2) is 0 Å². The van der Waals surface area contributed by atoms with Gasteiger partial charge < -0.3 is 4.98 Å². The summed E-state index contributed by atoms with van der Waals surface area (Å²) in [7, 11) is -4.43. The van der Waals surface area contributed by atoms with Crippen molar-refractivity contribution in [3.05, 3.63) is 97.9 Å². The normalized spacial score (nSPS) is 22.4. The van der Waals surface area contributed by atoms with Crippen molar-refractivity contribution in [1.82, 2.24) is 9.29 Å². The third-order valence-corrected chi connectivity index (χ3v) is 9.18. The van der Waals surface area contributed by atoms with E-state index in [4.69, 9.17) is 23.2 Å². The van der Waals surface area contributed by atoms with Crippen LogP contribution in [0.2, 0.25) is 10.0 Å². The Morgan fingerprint density at radius 3 is 2.45 bits per heavy atom. The molecule has 0 bridgehead atoms. The number of pyridine rings is 1. The molecule has 2 aromatic carbocycles. The lowest BCUT2D eigenvalue weighted by molar-refractivity contribution is 0.245. The number of hydrogen-bond acceptors (Lipinski definition) is 4. The quantitative estimate of drug-likeness (QED) is 0.388. The van der Waals surface area contributed by atoms with Gasteiger partial charge in [-0.2, -0.15) is 9.57 Å². The molecule has 1 fully saturated rings. The van der Waals surface area contributed by atoms with Crippen molar-refractivity contribution < 1.29 is 17.2 Å². The van der Waals surface area contributed by atoms with Crippen molar-refractivity contribution in [2.75, 3.05) is 6.54 Å². The van der Waals surface area contributed by atoms with E-state index in [2.05, 4.69) is 11.1 Å². The number of sulfonamides is 1. The highest BCUT2D eigenvalue weighted by Gasteiger charge is 2.61. The minimum absolute atomic E-state index is 0.0907. The van der Waals surface area contributed by atoms with Crippen LogP contribution in [0, 0.1) is 34.3 Å². The molecule has 0 spiro atoms. The number of H-pyrrole nitrogens is 1. The van der Waals surface area contributed by atoms with E-state index in [1.165, 1.54) is 30.3 Å². The Kier molecular flexibility index (Phi) is 7.49. The minimum Gasteiger partial charge on any atom is -0.328 e. The van der Waals surface area contributed by atoms with Crippen LogP contribution in [-0.4, -0.2) is 24.3 Å². The van der Waals surface area contributed by atoms with Crippen molar-refractivity contribution in [2.45, 2.75) is 43.5 Å². The van der Waals surface area contributed by atoms with E-state index >= 15 is 8.78 Å². The molecule has 3 aromatic rings. The number of nitrogens with one attached hydrogen (secondary N) is 1. The molecule has 6 nitrogen and oxygen atoms in total. The first-order valence-corrected chi connectivity index (χ1v) is 13.9. The molecule has 1 aliphatic heterocycles. The maximum absolute atomic E-state index is 15.7. The summed E-state index contributed by atoms with van der Waals surface area (Å²) >= 11 is 12.1. The maximum atomic E-state index is 15.7. The molecule has 0 saturated carbocycles. The molecule has 38 heavy (non-hydrogen) atoms. The topological polar surface area (TPSA) is 94.0 Å². The van der Waals surface area contributed by atoms with E-state index in [9.17, 15) is 18.5 Å². The van der Waals surface area contributed by atoms with Gasteiger partial charge >= 0.3 is 0 Å². The summed E-state index contributed by atoms with van der Waals surface area (Å²) < 4.78 is 60.4. The standard InChI is InChI=1S/C27H25Cl2F2N3O3S/c1-26(2,3)12-16-14-34(38(36,37)18-8-10-23(35)33-13-18)25(19-5-4-6-21(29)24(19)31)27(16,15-32)20-9-7-17(28)11-22(20)30/h4-11,13,16,25H,12,14H2,1-3H3,(H,33,35)/t16-,25-,27-/m1/s1. The first kappa shape index (κ1) is 28.2. The summed E-state index contributed by atoms with van der Waals surface area (Å²) in [5, 5.41) is 10.7. The molecule has 0 amide bonds. The zero-order chi connectivity index (χ0) is 28.0. The van der Waals surface area contributed by atoms with Gasteiger partial charge in [0, 0.05) is 35.0 Å². The number of halogens is 4. The second kappa shape index (κ2) is 10.1. The number of aromatic amines is 1. The van der Waals surface area contributed by atoms with Crippen LogP contribution in [-0.2, 0) is 15.4 Å². The van der Waals surface area contributed by atoms with E-state index in [0.29, 0.717) is 6.42 Å². The van der Waals surface area contributed by atoms with Crippen LogP contribution < -0.4 is 5.56 Å². The smallest absolute Gasteiger partial charge is 0.247 e. The summed E-state index contributed by atoms with van der Waals surface area (Å²) in [6, 6.07) is 10.8. The second-order valence-corrected chi connectivity index (χ2v) is 13.3. The van der Waals surface area contributed by atoms with E-state index in [1.807, 2.05) is 20.8 Å². The first-order chi connectivity index (χ1) is 17.7. The molecule has 1 N–H and O–H groups in total. The highest BCUT2D eigenvalue weighted by Crippen LogP contribution is 2.57. The Hall–Kier alpha value is -2.77. The van der Waals surface area contributed by atoms with Crippen LogP contribution >= 0.6 is 23.2 Å². The van der Waals surface area contributed by atoms with Gasteiger partial charge in [0.2, 0.25) is 15.6 Å². The van der Waals surface area contributed by atoms with Gasteiger partial charge in [-0.05, 0) is 42.0 Å². The molecular formula is C27H25Cl2F2N3O3S. The third-order valence-electron chi connectivity index (χ3n) is 6.82. The maximum Gasteiger partial charge on any atom is 0.247 e. The molecule has 4 rings (SSSR count). The van der Waals surface area contributed by atoms with Crippen LogP contribution in [0.1, 0.15) is 44.4 Å². The van der Waals surface area contributed by atoms with Gasteiger partial charge in [-0.3, -0.25) is 4.79 Å². The number of aromatic nitrogens is 1. The van der Waals surface area contributed by atoms with Crippen LogP contribution in [0.4, 0.5) is 8.78 Å².